The third-order valence-electron chi connectivity index (χ3n) is 4.66. The standard InChI is InChI=1S/C21H22N4O2/c1-15-22-12-14-25(15)13-6-11-23-20(26)17-9-5-10-18-19(17)24-21(27-18)16-7-3-2-4-8-16/h2-5,7-10,12,14-15,22H,6,11,13H2,1H3,(H,23,26). The molecule has 1 aliphatic rings. The van der Waals surface area contributed by atoms with Gasteiger partial charge in [0.15, 0.2) is 5.58 Å². The predicted molar refractivity (Wildman–Crippen MR) is 105 cm³/mol. The number of aromatic nitrogens is 1. The zero-order chi connectivity index (χ0) is 18.6. The van der Waals surface area contributed by atoms with Gasteiger partial charge in [0.25, 0.3) is 5.91 Å². The van der Waals surface area contributed by atoms with E-state index in [0.29, 0.717) is 35.3 Å². The van der Waals surface area contributed by atoms with Crippen molar-refractivity contribution in [1.29, 1.82) is 0 Å². The summed E-state index contributed by atoms with van der Waals surface area (Å²) in [7, 11) is 0. The summed E-state index contributed by atoms with van der Waals surface area (Å²) in [4.78, 5) is 19.4. The second-order valence-corrected chi connectivity index (χ2v) is 6.54. The van der Waals surface area contributed by atoms with E-state index in [-0.39, 0.29) is 5.91 Å². The Morgan fingerprint density at radius 2 is 2.07 bits per heavy atom. The first-order valence-electron chi connectivity index (χ1n) is 9.14. The molecule has 0 bridgehead atoms. The fraction of sp³-hybridized carbons (Fsp3) is 0.238. The van der Waals surface area contributed by atoms with Gasteiger partial charge in [-0.15, -0.1) is 0 Å². The summed E-state index contributed by atoms with van der Waals surface area (Å²) in [5.74, 6) is 0.393. The maximum atomic E-state index is 12.6. The Bertz CT molecular complexity index is 965. The summed E-state index contributed by atoms with van der Waals surface area (Å²) in [6, 6.07) is 15.1. The molecule has 2 N–H and O–H groups in total. The van der Waals surface area contributed by atoms with Gasteiger partial charge in [0.05, 0.1) is 11.7 Å². The summed E-state index contributed by atoms with van der Waals surface area (Å²) in [6.07, 6.45) is 5.15. The van der Waals surface area contributed by atoms with Gasteiger partial charge in [0, 0.05) is 31.1 Å². The lowest BCUT2D eigenvalue weighted by Crippen LogP contribution is -2.34. The molecule has 27 heavy (non-hydrogen) atoms. The summed E-state index contributed by atoms with van der Waals surface area (Å²) in [5, 5.41) is 6.21. The Balaban J connectivity index is 1.44. The van der Waals surface area contributed by atoms with E-state index in [1.165, 1.54) is 0 Å². The molecule has 1 aromatic heterocycles. The number of oxazole rings is 1. The number of rotatable bonds is 6. The number of hydrogen-bond donors (Lipinski definition) is 2. The first-order chi connectivity index (χ1) is 13.2. The van der Waals surface area contributed by atoms with E-state index in [2.05, 4.69) is 27.4 Å². The summed E-state index contributed by atoms with van der Waals surface area (Å²) >= 11 is 0. The number of amides is 1. The number of hydrogen-bond acceptors (Lipinski definition) is 5. The molecule has 0 aliphatic carbocycles. The van der Waals surface area contributed by atoms with Crippen LogP contribution in [0.2, 0.25) is 0 Å². The van der Waals surface area contributed by atoms with Crippen molar-refractivity contribution in [3.8, 4) is 11.5 Å². The van der Waals surface area contributed by atoms with Crippen molar-refractivity contribution in [1.82, 2.24) is 20.5 Å². The number of fused-ring (bicyclic) bond motifs is 1. The quantitative estimate of drug-likeness (QED) is 0.658. The zero-order valence-electron chi connectivity index (χ0n) is 15.2. The van der Waals surface area contributed by atoms with Gasteiger partial charge in [-0.1, -0.05) is 24.3 Å². The average Bonchev–Trinajstić information content (AvgIpc) is 3.31. The van der Waals surface area contributed by atoms with Crippen LogP contribution >= 0.6 is 0 Å². The SMILES string of the molecule is CC1NC=CN1CCCNC(=O)c1cccc2oc(-c3ccccc3)nc12. The van der Waals surface area contributed by atoms with E-state index in [9.17, 15) is 4.79 Å². The molecule has 1 atom stereocenters. The molecule has 3 aromatic rings. The molecule has 2 aromatic carbocycles. The fourth-order valence-corrected chi connectivity index (χ4v) is 3.17. The van der Waals surface area contributed by atoms with Gasteiger partial charge in [-0.3, -0.25) is 4.79 Å². The third kappa shape index (κ3) is 3.65. The van der Waals surface area contributed by atoms with Gasteiger partial charge >= 0.3 is 0 Å². The van der Waals surface area contributed by atoms with Crippen LogP contribution < -0.4 is 10.6 Å². The number of nitrogens with zero attached hydrogens (tertiary/aromatic N) is 2. The Labute approximate surface area is 157 Å². The highest BCUT2D eigenvalue weighted by Gasteiger charge is 2.16. The Morgan fingerprint density at radius 3 is 2.85 bits per heavy atom. The molecule has 0 radical (unpaired) electrons. The van der Waals surface area contributed by atoms with Crippen LogP contribution in [-0.2, 0) is 0 Å². The molecule has 6 heteroatoms. The molecule has 1 unspecified atom stereocenters. The van der Waals surface area contributed by atoms with Crippen LogP contribution in [0.3, 0.4) is 0 Å². The maximum absolute atomic E-state index is 12.6. The molecule has 0 spiro atoms. The van der Waals surface area contributed by atoms with E-state index >= 15 is 0 Å². The molecular weight excluding hydrogens is 340 g/mol. The molecule has 1 aliphatic heterocycles. The summed E-state index contributed by atoms with van der Waals surface area (Å²) < 4.78 is 5.84. The van der Waals surface area contributed by atoms with Crippen LogP contribution in [-0.4, -0.2) is 35.0 Å². The molecule has 0 saturated heterocycles. The van der Waals surface area contributed by atoms with Gasteiger partial charge in [-0.05, 0) is 37.6 Å². The van der Waals surface area contributed by atoms with Crippen LogP contribution in [0, 0.1) is 0 Å². The van der Waals surface area contributed by atoms with Gasteiger partial charge in [0.1, 0.15) is 5.52 Å². The van der Waals surface area contributed by atoms with Gasteiger partial charge < -0.3 is 20.0 Å². The Morgan fingerprint density at radius 1 is 1.22 bits per heavy atom. The lowest BCUT2D eigenvalue weighted by molar-refractivity contribution is 0.0953. The topological polar surface area (TPSA) is 70.4 Å². The number of benzene rings is 2. The van der Waals surface area contributed by atoms with Gasteiger partial charge in [-0.25, -0.2) is 4.98 Å². The molecule has 6 nitrogen and oxygen atoms in total. The van der Waals surface area contributed by atoms with Crippen molar-refractivity contribution >= 4 is 17.0 Å². The van der Waals surface area contributed by atoms with E-state index < -0.39 is 0 Å². The van der Waals surface area contributed by atoms with Crippen LogP contribution in [0.4, 0.5) is 0 Å². The maximum Gasteiger partial charge on any atom is 0.253 e. The Kier molecular flexibility index (Phi) is 4.78. The molecular formula is C21H22N4O2. The predicted octanol–water partition coefficient (Wildman–Crippen LogP) is 3.34. The third-order valence-corrected chi connectivity index (χ3v) is 4.66. The van der Waals surface area contributed by atoms with Crippen molar-refractivity contribution in [2.45, 2.75) is 19.5 Å². The number of para-hydroxylation sites is 1. The highest BCUT2D eigenvalue weighted by Crippen LogP contribution is 2.26. The molecule has 0 fully saturated rings. The molecule has 138 valence electrons. The van der Waals surface area contributed by atoms with Crippen molar-refractivity contribution < 1.29 is 9.21 Å². The molecule has 1 amide bonds. The van der Waals surface area contributed by atoms with Crippen molar-refractivity contribution in [3.63, 3.8) is 0 Å². The number of carbonyl (C=O) groups excluding carboxylic acids is 1. The molecule has 2 heterocycles. The van der Waals surface area contributed by atoms with Crippen LogP contribution in [0.25, 0.3) is 22.6 Å². The lowest BCUT2D eigenvalue weighted by Gasteiger charge is -2.21. The fourth-order valence-electron chi connectivity index (χ4n) is 3.17. The smallest absolute Gasteiger partial charge is 0.253 e. The number of nitrogens with one attached hydrogen (secondary N) is 2. The van der Waals surface area contributed by atoms with Gasteiger partial charge in [0.2, 0.25) is 5.89 Å². The zero-order valence-corrected chi connectivity index (χ0v) is 15.2. The highest BCUT2D eigenvalue weighted by molar-refractivity contribution is 6.04. The van der Waals surface area contributed by atoms with E-state index in [1.807, 2.05) is 54.9 Å². The first kappa shape index (κ1) is 17.1. The van der Waals surface area contributed by atoms with E-state index in [0.717, 1.165) is 18.5 Å². The van der Waals surface area contributed by atoms with Crippen molar-refractivity contribution in [2.24, 2.45) is 0 Å². The summed E-state index contributed by atoms with van der Waals surface area (Å²) in [5.41, 5.74) is 2.63. The van der Waals surface area contributed by atoms with Crippen LogP contribution in [0.15, 0.2) is 65.3 Å². The minimum Gasteiger partial charge on any atom is -0.436 e. The molecule has 0 saturated carbocycles. The largest absolute Gasteiger partial charge is 0.436 e. The second-order valence-electron chi connectivity index (χ2n) is 6.54. The molecule has 4 rings (SSSR count). The minimum atomic E-state index is -0.128. The summed E-state index contributed by atoms with van der Waals surface area (Å²) in [6.45, 7) is 3.60. The minimum absolute atomic E-state index is 0.128. The first-order valence-corrected chi connectivity index (χ1v) is 9.14. The van der Waals surface area contributed by atoms with E-state index in [4.69, 9.17) is 4.42 Å². The Hall–Kier alpha value is -3.28. The van der Waals surface area contributed by atoms with Gasteiger partial charge in [-0.2, -0.15) is 0 Å². The van der Waals surface area contributed by atoms with Crippen LogP contribution in [0.5, 0.6) is 0 Å². The van der Waals surface area contributed by atoms with E-state index in [1.54, 1.807) is 6.07 Å². The normalized spacial score (nSPS) is 15.9. The highest BCUT2D eigenvalue weighted by atomic mass is 16.3. The monoisotopic (exact) mass is 362 g/mol. The number of carbonyl (C=O) groups is 1. The van der Waals surface area contributed by atoms with Crippen LogP contribution in [0.1, 0.15) is 23.7 Å². The lowest BCUT2D eigenvalue weighted by atomic mass is 10.1. The van der Waals surface area contributed by atoms with Crippen molar-refractivity contribution in [2.75, 3.05) is 13.1 Å². The average molecular weight is 362 g/mol. The van der Waals surface area contributed by atoms with Crippen molar-refractivity contribution in [3.05, 3.63) is 66.5 Å². The second kappa shape index (κ2) is 7.53.